The number of hydrogen-bond donors (Lipinski definition) is 4. The summed E-state index contributed by atoms with van der Waals surface area (Å²) in [5.74, 6) is 1.91. The van der Waals surface area contributed by atoms with Crippen LogP contribution in [-0.4, -0.2) is 77.6 Å². The van der Waals surface area contributed by atoms with Crippen LogP contribution in [0.25, 0.3) is 0 Å². The number of rotatable bonds is 58. The Kier molecular flexibility index (Phi) is 48.9. The maximum Gasteiger partial charge on any atom is 0.203 e. The summed E-state index contributed by atoms with van der Waals surface area (Å²) in [5.41, 5.74) is 0.760. The molecule has 9 heteroatoms. The van der Waals surface area contributed by atoms with Gasteiger partial charge in [-0.3, -0.25) is 0 Å². The third-order valence-corrected chi connectivity index (χ3v) is 16.1. The van der Waals surface area contributed by atoms with Crippen molar-refractivity contribution in [2.75, 3.05) is 26.4 Å². The average Bonchev–Trinajstić information content (AvgIpc) is 3.43. The summed E-state index contributed by atoms with van der Waals surface area (Å²) in [6.07, 6.45) is 56.7. The van der Waals surface area contributed by atoms with Crippen molar-refractivity contribution in [1.29, 1.82) is 0 Å². The number of hydrogen-bond acceptors (Lipinski definition) is 9. The number of unbranched alkanes of at least 4 members (excludes halogenated alkanes) is 45. The number of ether oxygens (including phenoxy) is 5. The zero-order chi connectivity index (χ0) is 54.6. The highest BCUT2D eigenvalue weighted by molar-refractivity contribution is 5.54. The molecule has 76 heavy (non-hydrogen) atoms. The molecule has 0 bridgehead atoms. The van der Waals surface area contributed by atoms with Gasteiger partial charge in [0, 0.05) is 0 Å². The van der Waals surface area contributed by atoms with Crippen LogP contribution in [0.2, 0.25) is 0 Å². The Hall–Kier alpha value is -1.62. The largest absolute Gasteiger partial charge is 0.490 e. The van der Waals surface area contributed by atoms with E-state index in [1.807, 2.05) is 12.1 Å². The quantitative estimate of drug-likeness (QED) is 0.0472. The summed E-state index contributed by atoms with van der Waals surface area (Å²) in [4.78, 5) is 0. The molecule has 0 amide bonds. The fraction of sp³-hybridized carbons (Fsp3) is 0.910. The molecule has 1 heterocycles. The highest BCUT2D eigenvalue weighted by Crippen LogP contribution is 2.40. The molecule has 1 aromatic rings. The summed E-state index contributed by atoms with van der Waals surface area (Å²) in [6.45, 7) is 8.12. The Balaban J connectivity index is 1.95. The molecule has 0 aromatic heterocycles. The van der Waals surface area contributed by atoms with Crippen molar-refractivity contribution in [1.82, 2.24) is 0 Å². The van der Waals surface area contributed by atoms with Gasteiger partial charge in [0.2, 0.25) is 5.75 Å². The summed E-state index contributed by atoms with van der Waals surface area (Å²) >= 11 is 0. The van der Waals surface area contributed by atoms with Crippen molar-refractivity contribution < 1.29 is 44.1 Å². The van der Waals surface area contributed by atoms with Crippen LogP contribution < -0.4 is 14.2 Å². The molecular formula is C67H126O9. The second kappa shape index (κ2) is 52.7. The molecule has 0 unspecified atom stereocenters. The Morgan fingerprint density at radius 3 is 0.882 bits per heavy atom. The van der Waals surface area contributed by atoms with E-state index in [-0.39, 0.29) is 6.61 Å². The van der Waals surface area contributed by atoms with Crippen LogP contribution in [-0.2, 0) is 16.1 Å². The van der Waals surface area contributed by atoms with E-state index in [0.29, 0.717) is 37.1 Å². The van der Waals surface area contributed by atoms with E-state index in [1.165, 1.54) is 270 Å². The predicted octanol–water partition coefficient (Wildman–Crippen LogP) is 18.9. The minimum atomic E-state index is -1.51. The lowest BCUT2D eigenvalue weighted by Gasteiger charge is -2.39. The van der Waals surface area contributed by atoms with Crippen molar-refractivity contribution in [3.8, 4) is 17.2 Å². The fourth-order valence-corrected chi connectivity index (χ4v) is 10.9. The van der Waals surface area contributed by atoms with Crippen molar-refractivity contribution in [3.63, 3.8) is 0 Å². The second-order valence-corrected chi connectivity index (χ2v) is 23.4. The minimum Gasteiger partial charge on any atom is -0.490 e. The van der Waals surface area contributed by atoms with Crippen molar-refractivity contribution in [2.24, 2.45) is 0 Å². The van der Waals surface area contributed by atoms with E-state index in [4.69, 9.17) is 23.7 Å². The molecule has 1 aliphatic rings. The normalized spacial score (nSPS) is 17.7. The van der Waals surface area contributed by atoms with Crippen LogP contribution in [0.4, 0.5) is 0 Å². The molecule has 9 nitrogen and oxygen atoms in total. The standard InChI is InChI=1S/C67H126O9/c1-4-7-10-13-16-19-22-25-28-31-34-37-40-43-46-49-52-72-60-55-59(58-75-67-65(71)64(70)63(69)62(57-68)76-67)56-61(73-53-50-47-44-41-38-35-32-29-26-23-20-17-14-11-8-5-2)66(60)74-54-51-48-45-42-39-36-33-30-27-24-21-18-15-12-9-6-3/h55-56,62-65,67-71H,4-54,57-58H2,1-3H3/t62-,63-,64+,65-,67-/m1/s1. The third kappa shape index (κ3) is 38.1. The van der Waals surface area contributed by atoms with Gasteiger partial charge in [0.05, 0.1) is 33.0 Å². The molecule has 1 fully saturated rings. The predicted molar refractivity (Wildman–Crippen MR) is 320 cm³/mol. The van der Waals surface area contributed by atoms with Crippen molar-refractivity contribution in [3.05, 3.63) is 17.7 Å². The molecule has 0 radical (unpaired) electrons. The SMILES string of the molecule is CCCCCCCCCCCCCCCCCCOc1cc(CO[C@@H]2O[C@H](CO)[C@@H](O)[C@H](O)[C@H]2O)cc(OCCCCCCCCCCCCCCCCCC)c1OCCCCCCCCCCCCCCCCCC. The summed E-state index contributed by atoms with van der Waals surface area (Å²) in [7, 11) is 0. The monoisotopic (exact) mass is 1070 g/mol. The summed E-state index contributed by atoms with van der Waals surface area (Å²) < 4.78 is 31.6. The van der Waals surface area contributed by atoms with Gasteiger partial charge in [0.1, 0.15) is 24.4 Å². The highest BCUT2D eigenvalue weighted by atomic mass is 16.7. The Morgan fingerprint density at radius 1 is 0.342 bits per heavy atom. The van der Waals surface area contributed by atoms with Gasteiger partial charge in [0.15, 0.2) is 17.8 Å². The lowest BCUT2D eigenvalue weighted by Crippen LogP contribution is -2.59. The van der Waals surface area contributed by atoms with E-state index in [2.05, 4.69) is 20.8 Å². The maximum absolute atomic E-state index is 10.7. The lowest BCUT2D eigenvalue weighted by atomic mass is 9.99. The topological polar surface area (TPSA) is 127 Å². The zero-order valence-electron chi connectivity index (χ0n) is 50.3. The molecule has 5 atom stereocenters. The molecule has 1 aliphatic heterocycles. The van der Waals surface area contributed by atoms with Gasteiger partial charge in [-0.1, -0.05) is 310 Å². The van der Waals surface area contributed by atoms with Crippen LogP contribution in [0.1, 0.15) is 335 Å². The molecule has 1 saturated heterocycles. The number of benzene rings is 1. The van der Waals surface area contributed by atoms with E-state index in [9.17, 15) is 20.4 Å². The summed E-state index contributed by atoms with van der Waals surface area (Å²) in [5, 5.41) is 41.4. The Morgan fingerprint density at radius 2 is 0.605 bits per heavy atom. The third-order valence-electron chi connectivity index (χ3n) is 16.1. The Bertz CT molecular complexity index is 1300. The molecule has 448 valence electrons. The van der Waals surface area contributed by atoms with E-state index >= 15 is 0 Å². The average molecular weight is 1080 g/mol. The molecule has 4 N–H and O–H groups in total. The number of aliphatic hydroxyl groups excluding tert-OH is 4. The molecule has 2 rings (SSSR count). The molecule has 0 saturated carbocycles. The summed E-state index contributed by atoms with van der Waals surface area (Å²) in [6, 6.07) is 3.89. The van der Waals surface area contributed by atoms with Crippen molar-refractivity contribution in [2.45, 2.75) is 366 Å². The second-order valence-electron chi connectivity index (χ2n) is 23.4. The van der Waals surface area contributed by atoms with Crippen LogP contribution in [0.3, 0.4) is 0 Å². The first-order valence-electron chi connectivity index (χ1n) is 33.4. The van der Waals surface area contributed by atoms with E-state index in [1.54, 1.807) is 0 Å². The molecule has 1 aromatic carbocycles. The first-order valence-corrected chi connectivity index (χ1v) is 33.4. The zero-order valence-corrected chi connectivity index (χ0v) is 50.3. The lowest BCUT2D eigenvalue weighted by molar-refractivity contribution is -0.304. The van der Waals surface area contributed by atoms with Gasteiger partial charge in [-0.25, -0.2) is 0 Å². The van der Waals surface area contributed by atoms with Gasteiger partial charge < -0.3 is 44.1 Å². The van der Waals surface area contributed by atoms with Gasteiger partial charge in [-0.2, -0.15) is 0 Å². The van der Waals surface area contributed by atoms with Gasteiger partial charge in [-0.05, 0) is 37.0 Å². The van der Waals surface area contributed by atoms with Gasteiger partial charge in [-0.15, -0.1) is 0 Å². The van der Waals surface area contributed by atoms with Crippen LogP contribution in [0.15, 0.2) is 12.1 Å². The van der Waals surface area contributed by atoms with Crippen LogP contribution >= 0.6 is 0 Å². The first kappa shape index (κ1) is 70.5. The van der Waals surface area contributed by atoms with E-state index in [0.717, 1.165) is 44.1 Å². The van der Waals surface area contributed by atoms with Crippen molar-refractivity contribution >= 4 is 0 Å². The van der Waals surface area contributed by atoms with Gasteiger partial charge in [0.25, 0.3) is 0 Å². The Labute approximate surface area is 469 Å². The maximum atomic E-state index is 10.7. The minimum absolute atomic E-state index is 0.0346. The molecule has 0 spiro atoms. The van der Waals surface area contributed by atoms with Crippen LogP contribution in [0, 0.1) is 0 Å². The molecular weight excluding hydrogens is 949 g/mol. The first-order chi connectivity index (χ1) is 37.5. The smallest absolute Gasteiger partial charge is 0.203 e. The number of aliphatic hydroxyl groups is 4. The fourth-order valence-electron chi connectivity index (χ4n) is 10.9. The van der Waals surface area contributed by atoms with Gasteiger partial charge >= 0.3 is 0 Å². The van der Waals surface area contributed by atoms with E-state index < -0.39 is 37.3 Å². The molecule has 0 aliphatic carbocycles. The van der Waals surface area contributed by atoms with Crippen LogP contribution in [0.5, 0.6) is 17.2 Å². The highest BCUT2D eigenvalue weighted by Gasteiger charge is 2.44.